The van der Waals surface area contributed by atoms with Crippen molar-refractivity contribution in [2.45, 2.75) is 38.1 Å². The molecule has 0 bridgehead atoms. The SMILES string of the molecule is COc1cccc2c1CCCC2N1CCC(Cc2c(Cl)cccc2Cl)C1=O. The Hall–Kier alpha value is -1.71. The Bertz CT molecular complexity index is 847. The topological polar surface area (TPSA) is 29.5 Å². The lowest BCUT2D eigenvalue weighted by atomic mass is 9.86. The standard InChI is InChI=1S/C22H23Cl2NO2/c1-27-21-10-3-5-15-16(21)6-2-9-20(15)25-12-11-14(22(25)26)13-17-18(23)7-4-8-19(17)24/h3-5,7-8,10,14,20H,2,6,9,11-13H2,1H3. The number of methoxy groups -OCH3 is 1. The minimum Gasteiger partial charge on any atom is -0.496 e. The molecule has 1 aliphatic carbocycles. The number of halogens is 2. The third-order valence-corrected chi connectivity index (χ3v) is 6.60. The number of hydrogen-bond acceptors (Lipinski definition) is 2. The molecule has 2 aromatic carbocycles. The monoisotopic (exact) mass is 403 g/mol. The summed E-state index contributed by atoms with van der Waals surface area (Å²) in [5.41, 5.74) is 3.37. The van der Waals surface area contributed by atoms with Crippen LogP contribution in [-0.2, 0) is 17.6 Å². The van der Waals surface area contributed by atoms with Gasteiger partial charge in [-0.1, -0.05) is 41.4 Å². The van der Waals surface area contributed by atoms with Gasteiger partial charge in [0.05, 0.1) is 13.2 Å². The minimum atomic E-state index is -0.0571. The summed E-state index contributed by atoms with van der Waals surface area (Å²) in [6, 6.07) is 11.8. The minimum absolute atomic E-state index is 0.0571. The zero-order valence-corrected chi connectivity index (χ0v) is 16.9. The number of nitrogens with zero attached hydrogens (tertiary/aromatic N) is 1. The number of rotatable bonds is 4. The summed E-state index contributed by atoms with van der Waals surface area (Å²) >= 11 is 12.6. The van der Waals surface area contributed by atoms with Gasteiger partial charge >= 0.3 is 0 Å². The van der Waals surface area contributed by atoms with Crippen LogP contribution >= 0.6 is 23.2 Å². The maximum Gasteiger partial charge on any atom is 0.226 e. The molecule has 2 aromatic rings. The summed E-state index contributed by atoms with van der Waals surface area (Å²) in [7, 11) is 1.71. The van der Waals surface area contributed by atoms with Gasteiger partial charge in [-0.25, -0.2) is 0 Å². The molecule has 4 rings (SSSR count). The molecule has 1 saturated heterocycles. The zero-order chi connectivity index (χ0) is 19.0. The zero-order valence-electron chi connectivity index (χ0n) is 15.4. The first-order valence-corrected chi connectivity index (χ1v) is 10.2. The number of ether oxygens (including phenoxy) is 1. The van der Waals surface area contributed by atoms with E-state index in [1.165, 1.54) is 11.1 Å². The van der Waals surface area contributed by atoms with Crippen molar-refractivity contribution < 1.29 is 9.53 Å². The fourth-order valence-electron chi connectivity index (χ4n) is 4.54. The van der Waals surface area contributed by atoms with Gasteiger partial charge in [-0.2, -0.15) is 0 Å². The summed E-state index contributed by atoms with van der Waals surface area (Å²) in [4.78, 5) is 15.3. The van der Waals surface area contributed by atoms with Crippen LogP contribution in [0.15, 0.2) is 36.4 Å². The molecule has 27 heavy (non-hydrogen) atoms. The Morgan fingerprint density at radius 1 is 1.11 bits per heavy atom. The molecular formula is C22H23Cl2NO2. The van der Waals surface area contributed by atoms with Crippen LogP contribution < -0.4 is 4.74 Å². The lowest BCUT2D eigenvalue weighted by Gasteiger charge is -2.34. The van der Waals surface area contributed by atoms with Crippen molar-refractivity contribution in [1.82, 2.24) is 4.90 Å². The number of benzene rings is 2. The first kappa shape index (κ1) is 18.6. The average Bonchev–Trinajstić information content (AvgIpc) is 3.04. The number of hydrogen-bond donors (Lipinski definition) is 0. The molecule has 0 radical (unpaired) electrons. The Morgan fingerprint density at radius 3 is 2.59 bits per heavy atom. The Morgan fingerprint density at radius 2 is 1.85 bits per heavy atom. The van der Waals surface area contributed by atoms with Crippen LogP contribution in [-0.4, -0.2) is 24.5 Å². The molecule has 142 valence electrons. The van der Waals surface area contributed by atoms with Crippen LogP contribution in [0.5, 0.6) is 5.75 Å². The van der Waals surface area contributed by atoms with Gasteiger partial charge in [-0.05, 0) is 67.0 Å². The first-order chi connectivity index (χ1) is 13.1. The maximum atomic E-state index is 13.2. The number of amides is 1. The Balaban J connectivity index is 1.57. The van der Waals surface area contributed by atoms with Crippen LogP contribution in [0.4, 0.5) is 0 Å². The summed E-state index contributed by atoms with van der Waals surface area (Å²) < 4.78 is 5.54. The first-order valence-electron chi connectivity index (χ1n) is 9.49. The van der Waals surface area contributed by atoms with Crippen LogP contribution in [0.25, 0.3) is 0 Å². The third kappa shape index (κ3) is 3.43. The summed E-state index contributed by atoms with van der Waals surface area (Å²) in [5.74, 6) is 1.09. The van der Waals surface area contributed by atoms with Gasteiger partial charge in [-0.3, -0.25) is 4.79 Å². The van der Waals surface area contributed by atoms with Crippen molar-refractivity contribution in [2.24, 2.45) is 5.92 Å². The van der Waals surface area contributed by atoms with E-state index in [1.54, 1.807) is 7.11 Å². The van der Waals surface area contributed by atoms with Crippen LogP contribution in [0.2, 0.25) is 10.0 Å². The molecule has 1 heterocycles. The maximum absolute atomic E-state index is 13.2. The van der Waals surface area contributed by atoms with Gasteiger partial charge in [0.1, 0.15) is 5.75 Å². The predicted octanol–water partition coefficient (Wildman–Crippen LogP) is 5.47. The Kier molecular flexibility index (Phi) is 5.34. The van der Waals surface area contributed by atoms with Gasteiger partial charge in [0, 0.05) is 22.5 Å². The van der Waals surface area contributed by atoms with E-state index < -0.39 is 0 Å². The fraction of sp³-hybridized carbons (Fsp3) is 0.409. The normalized spacial score (nSPS) is 22.0. The summed E-state index contributed by atoms with van der Waals surface area (Å²) in [6.07, 6.45) is 4.53. The van der Waals surface area contributed by atoms with E-state index in [2.05, 4.69) is 11.0 Å². The van der Waals surface area contributed by atoms with Gasteiger partial charge in [-0.15, -0.1) is 0 Å². The Labute approximate surface area is 170 Å². The van der Waals surface area contributed by atoms with E-state index in [1.807, 2.05) is 30.3 Å². The predicted molar refractivity (Wildman–Crippen MR) is 109 cm³/mol. The smallest absolute Gasteiger partial charge is 0.226 e. The van der Waals surface area contributed by atoms with Crippen molar-refractivity contribution in [3.05, 3.63) is 63.1 Å². The second-order valence-electron chi connectivity index (χ2n) is 7.36. The highest BCUT2D eigenvalue weighted by molar-refractivity contribution is 6.36. The van der Waals surface area contributed by atoms with Gasteiger partial charge in [0.15, 0.2) is 0 Å². The highest BCUT2D eigenvalue weighted by Crippen LogP contribution is 2.41. The molecule has 0 aromatic heterocycles. The molecule has 1 aliphatic heterocycles. The molecule has 2 aliphatic rings. The highest BCUT2D eigenvalue weighted by atomic mass is 35.5. The number of likely N-dealkylation sites (tertiary alicyclic amines) is 1. The van der Waals surface area contributed by atoms with Crippen molar-refractivity contribution in [2.75, 3.05) is 13.7 Å². The van der Waals surface area contributed by atoms with Gasteiger partial charge < -0.3 is 9.64 Å². The lowest BCUT2D eigenvalue weighted by molar-refractivity contribution is -0.133. The van der Waals surface area contributed by atoms with Crippen molar-refractivity contribution in [3.63, 3.8) is 0 Å². The quantitative estimate of drug-likeness (QED) is 0.676. The molecule has 0 spiro atoms. The van der Waals surface area contributed by atoms with E-state index in [9.17, 15) is 4.79 Å². The molecular weight excluding hydrogens is 381 g/mol. The molecule has 2 atom stereocenters. The molecule has 2 unspecified atom stereocenters. The third-order valence-electron chi connectivity index (χ3n) is 5.89. The van der Waals surface area contributed by atoms with E-state index in [0.717, 1.165) is 43.5 Å². The fourth-order valence-corrected chi connectivity index (χ4v) is 5.09. The second kappa shape index (κ2) is 7.73. The van der Waals surface area contributed by atoms with Crippen LogP contribution in [0.1, 0.15) is 42.0 Å². The van der Waals surface area contributed by atoms with Crippen LogP contribution in [0.3, 0.4) is 0 Å². The second-order valence-corrected chi connectivity index (χ2v) is 8.17. The largest absolute Gasteiger partial charge is 0.496 e. The lowest BCUT2D eigenvalue weighted by Crippen LogP contribution is -2.34. The van der Waals surface area contributed by atoms with E-state index in [4.69, 9.17) is 27.9 Å². The van der Waals surface area contributed by atoms with Gasteiger partial charge in [0.25, 0.3) is 0 Å². The van der Waals surface area contributed by atoms with E-state index in [-0.39, 0.29) is 17.9 Å². The van der Waals surface area contributed by atoms with Crippen molar-refractivity contribution in [3.8, 4) is 5.75 Å². The summed E-state index contributed by atoms with van der Waals surface area (Å²) in [6.45, 7) is 0.785. The van der Waals surface area contributed by atoms with Crippen LogP contribution in [0, 0.1) is 5.92 Å². The van der Waals surface area contributed by atoms with Crippen molar-refractivity contribution in [1.29, 1.82) is 0 Å². The molecule has 1 fully saturated rings. The highest BCUT2D eigenvalue weighted by Gasteiger charge is 2.38. The number of carbonyl (C=O) groups excluding carboxylic acids is 1. The molecule has 5 heteroatoms. The molecule has 0 N–H and O–H groups in total. The summed E-state index contributed by atoms with van der Waals surface area (Å²) in [5, 5.41) is 1.28. The van der Waals surface area contributed by atoms with E-state index in [0.29, 0.717) is 16.5 Å². The van der Waals surface area contributed by atoms with E-state index >= 15 is 0 Å². The van der Waals surface area contributed by atoms with Gasteiger partial charge in [0.2, 0.25) is 5.91 Å². The molecule has 3 nitrogen and oxygen atoms in total. The number of fused-ring (bicyclic) bond motifs is 1. The average molecular weight is 404 g/mol. The van der Waals surface area contributed by atoms with Crippen molar-refractivity contribution >= 4 is 29.1 Å². The number of carbonyl (C=O) groups is 1. The molecule has 0 saturated carbocycles. The molecule has 1 amide bonds.